The molecule has 0 saturated heterocycles. The molecule has 0 amide bonds. The third-order valence-corrected chi connectivity index (χ3v) is 2.26. The smallest absolute Gasteiger partial charge is 0.339 e. The second-order valence-corrected chi connectivity index (χ2v) is 3.14. The molecular weight excluding hydrogens is 213 g/mol. The molecule has 0 saturated carbocycles. The standard InChI is InChI=1S/C8H7Cl2NO2/c1-13-8(12)5-2-4(11)3-6(9)7(5)10/h2-3H,11H2,1H3. The fourth-order valence-corrected chi connectivity index (χ4v) is 1.28. The summed E-state index contributed by atoms with van der Waals surface area (Å²) in [5.74, 6) is -0.556. The highest BCUT2D eigenvalue weighted by Gasteiger charge is 2.13. The molecule has 1 aromatic rings. The van der Waals surface area contributed by atoms with Crippen LogP contribution < -0.4 is 5.73 Å². The fraction of sp³-hybridized carbons (Fsp3) is 0.125. The number of carbonyl (C=O) groups is 1. The number of benzene rings is 1. The van der Waals surface area contributed by atoms with E-state index >= 15 is 0 Å². The van der Waals surface area contributed by atoms with Crippen LogP contribution in [-0.4, -0.2) is 13.1 Å². The highest BCUT2D eigenvalue weighted by molar-refractivity contribution is 6.44. The summed E-state index contributed by atoms with van der Waals surface area (Å²) in [4.78, 5) is 11.1. The van der Waals surface area contributed by atoms with Crippen molar-refractivity contribution >= 4 is 34.9 Å². The van der Waals surface area contributed by atoms with Crippen LogP contribution in [0, 0.1) is 0 Å². The zero-order valence-electron chi connectivity index (χ0n) is 6.80. The molecule has 0 unspecified atom stereocenters. The van der Waals surface area contributed by atoms with Crippen molar-refractivity contribution in [2.45, 2.75) is 0 Å². The van der Waals surface area contributed by atoms with Crippen LogP contribution in [0.3, 0.4) is 0 Å². The normalized spacial score (nSPS) is 9.77. The highest BCUT2D eigenvalue weighted by atomic mass is 35.5. The van der Waals surface area contributed by atoms with Crippen molar-refractivity contribution < 1.29 is 9.53 Å². The number of nitrogens with two attached hydrogens (primary N) is 1. The number of hydrogen-bond acceptors (Lipinski definition) is 3. The summed E-state index contributed by atoms with van der Waals surface area (Å²) in [6, 6.07) is 2.89. The van der Waals surface area contributed by atoms with Gasteiger partial charge in [0.25, 0.3) is 0 Å². The van der Waals surface area contributed by atoms with E-state index in [-0.39, 0.29) is 15.6 Å². The van der Waals surface area contributed by atoms with Gasteiger partial charge in [0, 0.05) is 5.69 Å². The molecule has 5 heteroatoms. The lowest BCUT2D eigenvalue weighted by molar-refractivity contribution is 0.0601. The molecule has 0 aromatic heterocycles. The van der Waals surface area contributed by atoms with E-state index in [0.717, 1.165) is 0 Å². The molecule has 1 aromatic carbocycles. The average molecular weight is 220 g/mol. The summed E-state index contributed by atoms with van der Waals surface area (Å²) in [6.45, 7) is 0. The van der Waals surface area contributed by atoms with Crippen molar-refractivity contribution in [3.8, 4) is 0 Å². The van der Waals surface area contributed by atoms with Gasteiger partial charge in [-0.2, -0.15) is 0 Å². The monoisotopic (exact) mass is 219 g/mol. The van der Waals surface area contributed by atoms with E-state index in [1.54, 1.807) is 0 Å². The first-order valence-electron chi connectivity index (χ1n) is 3.39. The van der Waals surface area contributed by atoms with Crippen molar-refractivity contribution in [2.24, 2.45) is 0 Å². The van der Waals surface area contributed by atoms with Crippen LogP contribution in [0.4, 0.5) is 5.69 Å². The molecule has 0 aliphatic heterocycles. The zero-order chi connectivity index (χ0) is 10.0. The molecule has 0 radical (unpaired) electrons. The lowest BCUT2D eigenvalue weighted by atomic mass is 10.2. The van der Waals surface area contributed by atoms with Gasteiger partial charge in [-0.25, -0.2) is 4.79 Å². The van der Waals surface area contributed by atoms with E-state index in [4.69, 9.17) is 28.9 Å². The van der Waals surface area contributed by atoms with Crippen molar-refractivity contribution in [1.82, 2.24) is 0 Å². The number of ether oxygens (including phenoxy) is 1. The van der Waals surface area contributed by atoms with Crippen LogP contribution in [0.1, 0.15) is 10.4 Å². The molecule has 70 valence electrons. The third kappa shape index (κ3) is 2.05. The predicted octanol–water partition coefficient (Wildman–Crippen LogP) is 2.36. The number of hydrogen-bond donors (Lipinski definition) is 1. The molecule has 0 fully saturated rings. The van der Waals surface area contributed by atoms with Gasteiger partial charge < -0.3 is 10.5 Å². The van der Waals surface area contributed by atoms with E-state index in [1.165, 1.54) is 19.2 Å². The maximum atomic E-state index is 11.1. The summed E-state index contributed by atoms with van der Waals surface area (Å²) >= 11 is 11.5. The molecule has 1 rings (SSSR count). The van der Waals surface area contributed by atoms with E-state index in [9.17, 15) is 4.79 Å². The van der Waals surface area contributed by atoms with Gasteiger partial charge in [-0.1, -0.05) is 23.2 Å². The molecule has 3 nitrogen and oxygen atoms in total. The molecule has 0 bridgehead atoms. The first-order chi connectivity index (χ1) is 6.06. The quantitative estimate of drug-likeness (QED) is 0.583. The predicted molar refractivity (Wildman–Crippen MR) is 52.2 cm³/mol. The number of methoxy groups -OCH3 is 1. The van der Waals surface area contributed by atoms with Crippen LogP contribution >= 0.6 is 23.2 Å². The molecule has 2 N–H and O–H groups in total. The Morgan fingerprint density at radius 2 is 2.08 bits per heavy atom. The SMILES string of the molecule is COC(=O)c1cc(N)cc(Cl)c1Cl. The maximum absolute atomic E-state index is 11.1. The molecule has 0 aliphatic carbocycles. The Hall–Kier alpha value is -0.930. The number of rotatable bonds is 1. The first-order valence-corrected chi connectivity index (χ1v) is 4.14. The molecule has 0 atom stereocenters. The maximum Gasteiger partial charge on any atom is 0.339 e. The fourth-order valence-electron chi connectivity index (χ4n) is 0.869. The topological polar surface area (TPSA) is 52.3 Å². The molecular formula is C8H7Cl2NO2. The number of esters is 1. The largest absolute Gasteiger partial charge is 0.465 e. The van der Waals surface area contributed by atoms with Crippen LogP contribution in [0.25, 0.3) is 0 Å². The summed E-state index contributed by atoms with van der Waals surface area (Å²) < 4.78 is 4.49. The second kappa shape index (κ2) is 3.85. The summed E-state index contributed by atoms with van der Waals surface area (Å²) in [5.41, 5.74) is 6.02. The van der Waals surface area contributed by atoms with E-state index < -0.39 is 5.97 Å². The van der Waals surface area contributed by atoms with Gasteiger partial charge in [0.15, 0.2) is 0 Å². The number of halogens is 2. The van der Waals surface area contributed by atoms with Gasteiger partial charge in [0.2, 0.25) is 0 Å². The Morgan fingerprint density at radius 1 is 1.46 bits per heavy atom. The van der Waals surface area contributed by atoms with Gasteiger partial charge in [-0.15, -0.1) is 0 Å². The van der Waals surface area contributed by atoms with Crippen LogP contribution in [-0.2, 0) is 4.74 Å². The summed E-state index contributed by atoms with van der Waals surface area (Å²) in [7, 11) is 1.26. The van der Waals surface area contributed by atoms with Gasteiger partial charge >= 0.3 is 5.97 Å². The van der Waals surface area contributed by atoms with E-state index in [1.807, 2.05) is 0 Å². The average Bonchev–Trinajstić information content (AvgIpc) is 2.10. The van der Waals surface area contributed by atoms with Crippen molar-refractivity contribution in [3.05, 3.63) is 27.7 Å². The van der Waals surface area contributed by atoms with Crippen molar-refractivity contribution in [3.63, 3.8) is 0 Å². The van der Waals surface area contributed by atoms with Crippen LogP contribution in [0.15, 0.2) is 12.1 Å². The molecule has 0 heterocycles. The van der Waals surface area contributed by atoms with E-state index in [0.29, 0.717) is 5.69 Å². The Bertz CT molecular complexity index is 352. The minimum Gasteiger partial charge on any atom is -0.465 e. The Balaban J connectivity index is 3.28. The molecule has 0 aliphatic rings. The van der Waals surface area contributed by atoms with Crippen molar-refractivity contribution in [2.75, 3.05) is 12.8 Å². The number of anilines is 1. The van der Waals surface area contributed by atoms with Gasteiger partial charge in [-0.05, 0) is 12.1 Å². The first kappa shape index (κ1) is 10.2. The van der Waals surface area contributed by atoms with Gasteiger partial charge in [0.1, 0.15) is 0 Å². The summed E-state index contributed by atoms with van der Waals surface area (Å²) in [5, 5.41) is 0.393. The molecule has 13 heavy (non-hydrogen) atoms. The molecule has 0 spiro atoms. The highest BCUT2D eigenvalue weighted by Crippen LogP contribution is 2.28. The van der Waals surface area contributed by atoms with Gasteiger partial charge in [-0.3, -0.25) is 0 Å². The lowest BCUT2D eigenvalue weighted by Crippen LogP contribution is -2.03. The van der Waals surface area contributed by atoms with Crippen molar-refractivity contribution in [1.29, 1.82) is 0 Å². The van der Waals surface area contributed by atoms with Crippen LogP contribution in [0.2, 0.25) is 10.0 Å². The Morgan fingerprint density at radius 3 is 2.62 bits per heavy atom. The lowest BCUT2D eigenvalue weighted by Gasteiger charge is -2.04. The Labute approximate surface area is 85.4 Å². The van der Waals surface area contributed by atoms with Gasteiger partial charge in [0.05, 0.1) is 22.7 Å². The Kier molecular flexibility index (Phi) is 3.01. The van der Waals surface area contributed by atoms with Crippen LogP contribution in [0.5, 0.6) is 0 Å². The number of carbonyl (C=O) groups excluding carboxylic acids is 1. The van der Waals surface area contributed by atoms with E-state index in [2.05, 4.69) is 4.74 Å². The third-order valence-electron chi connectivity index (χ3n) is 1.46. The minimum atomic E-state index is -0.556. The zero-order valence-corrected chi connectivity index (χ0v) is 8.32. The number of nitrogen functional groups attached to an aromatic ring is 1. The minimum absolute atomic E-state index is 0.155. The second-order valence-electron chi connectivity index (χ2n) is 2.36. The summed E-state index contributed by atoms with van der Waals surface area (Å²) in [6.07, 6.45) is 0.